The molecule has 0 radical (unpaired) electrons. The standard InChI is InChI=1S/C21H19N5O/c22-13-16-12-20(25-19-6-2-1-5-18(16)19)26-11-3-4-17(14-26)24-21(27)15-7-9-23-10-8-15/h1-2,5-10,12,17H,3-4,11,14H2,(H,24,27). The van der Waals surface area contributed by atoms with Crippen LogP contribution in [0.25, 0.3) is 10.9 Å². The molecule has 1 fully saturated rings. The summed E-state index contributed by atoms with van der Waals surface area (Å²) in [5.74, 6) is 0.696. The molecule has 1 saturated heterocycles. The molecular weight excluding hydrogens is 338 g/mol. The Bertz CT molecular complexity index is 1010. The fourth-order valence-electron chi connectivity index (χ4n) is 3.49. The molecule has 134 valence electrons. The monoisotopic (exact) mass is 357 g/mol. The number of anilines is 1. The van der Waals surface area contributed by atoms with Crippen molar-refractivity contribution in [3.8, 4) is 6.07 Å². The number of carbonyl (C=O) groups is 1. The number of nitrogens with zero attached hydrogens (tertiary/aromatic N) is 4. The zero-order valence-corrected chi connectivity index (χ0v) is 14.8. The number of hydrogen-bond acceptors (Lipinski definition) is 5. The van der Waals surface area contributed by atoms with Gasteiger partial charge in [0.15, 0.2) is 0 Å². The number of piperidine rings is 1. The summed E-state index contributed by atoms with van der Waals surface area (Å²) in [4.78, 5) is 23.2. The summed E-state index contributed by atoms with van der Waals surface area (Å²) in [6.07, 6.45) is 5.11. The van der Waals surface area contributed by atoms with Gasteiger partial charge in [0.05, 0.1) is 17.1 Å². The minimum absolute atomic E-state index is 0.0400. The van der Waals surface area contributed by atoms with Crippen LogP contribution in [0.15, 0.2) is 54.9 Å². The molecule has 0 aliphatic carbocycles. The van der Waals surface area contributed by atoms with E-state index in [-0.39, 0.29) is 11.9 Å². The van der Waals surface area contributed by atoms with Gasteiger partial charge >= 0.3 is 0 Å². The highest BCUT2D eigenvalue weighted by Gasteiger charge is 2.23. The summed E-state index contributed by atoms with van der Waals surface area (Å²) in [7, 11) is 0. The van der Waals surface area contributed by atoms with Gasteiger partial charge < -0.3 is 10.2 Å². The second-order valence-electron chi connectivity index (χ2n) is 6.65. The molecule has 1 unspecified atom stereocenters. The van der Waals surface area contributed by atoms with Crippen LogP contribution in [-0.4, -0.2) is 35.0 Å². The van der Waals surface area contributed by atoms with Crippen LogP contribution in [0, 0.1) is 11.3 Å². The second kappa shape index (κ2) is 7.42. The number of aromatic nitrogens is 2. The highest BCUT2D eigenvalue weighted by Crippen LogP contribution is 2.25. The lowest BCUT2D eigenvalue weighted by Gasteiger charge is -2.34. The van der Waals surface area contributed by atoms with Crippen molar-refractivity contribution in [2.24, 2.45) is 0 Å². The summed E-state index contributed by atoms with van der Waals surface area (Å²) in [5, 5.41) is 13.5. The third-order valence-electron chi connectivity index (χ3n) is 4.85. The van der Waals surface area contributed by atoms with Gasteiger partial charge in [-0.1, -0.05) is 18.2 Å². The van der Waals surface area contributed by atoms with E-state index in [0.29, 0.717) is 17.7 Å². The van der Waals surface area contributed by atoms with E-state index >= 15 is 0 Å². The van der Waals surface area contributed by atoms with Crippen LogP contribution in [0.4, 0.5) is 5.82 Å². The van der Waals surface area contributed by atoms with Gasteiger partial charge in [0.2, 0.25) is 0 Å². The lowest BCUT2D eigenvalue weighted by atomic mass is 10.0. The van der Waals surface area contributed by atoms with Crippen molar-refractivity contribution >= 4 is 22.6 Å². The molecule has 0 saturated carbocycles. The Labute approximate surface area is 157 Å². The molecule has 0 spiro atoms. The molecule has 27 heavy (non-hydrogen) atoms. The quantitative estimate of drug-likeness (QED) is 0.779. The van der Waals surface area contributed by atoms with E-state index in [1.54, 1.807) is 24.5 Å². The predicted octanol–water partition coefficient (Wildman–Crippen LogP) is 2.90. The van der Waals surface area contributed by atoms with E-state index in [1.807, 2.05) is 30.3 Å². The minimum atomic E-state index is -0.0894. The van der Waals surface area contributed by atoms with Gasteiger partial charge in [0.1, 0.15) is 5.82 Å². The fourth-order valence-corrected chi connectivity index (χ4v) is 3.49. The Kier molecular flexibility index (Phi) is 4.67. The van der Waals surface area contributed by atoms with Gasteiger partial charge in [-0.25, -0.2) is 4.98 Å². The van der Waals surface area contributed by atoms with Crippen LogP contribution in [0.1, 0.15) is 28.8 Å². The highest BCUT2D eigenvalue weighted by atomic mass is 16.1. The van der Waals surface area contributed by atoms with Gasteiger partial charge in [-0.15, -0.1) is 0 Å². The topological polar surface area (TPSA) is 81.9 Å². The third-order valence-corrected chi connectivity index (χ3v) is 4.85. The second-order valence-corrected chi connectivity index (χ2v) is 6.65. The molecule has 1 amide bonds. The molecular formula is C21H19N5O. The molecule has 4 rings (SSSR count). The maximum Gasteiger partial charge on any atom is 0.251 e. The zero-order chi connectivity index (χ0) is 18.6. The van der Waals surface area contributed by atoms with Crippen molar-refractivity contribution in [1.29, 1.82) is 5.26 Å². The Morgan fingerprint density at radius 2 is 2.04 bits per heavy atom. The summed E-state index contributed by atoms with van der Waals surface area (Å²) in [5.41, 5.74) is 2.05. The number of rotatable bonds is 3. The number of amides is 1. The smallest absolute Gasteiger partial charge is 0.251 e. The first-order valence-corrected chi connectivity index (χ1v) is 9.00. The molecule has 1 aromatic carbocycles. The summed E-state index contributed by atoms with van der Waals surface area (Å²) in [6, 6.07) is 15.2. The zero-order valence-electron chi connectivity index (χ0n) is 14.8. The van der Waals surface area contributed by atoms with E-state index in [4.69, 9.17) is 4.98 Å². The molecule has 1 atom stereocenters. The SMILES string of the molecule is N#Cc1cc(N2CCCC(NC(=O)c3ccncc3)C2)nc2ccccc12. The number of carbonyl (C=O) groups excluding carboxylic acids is 1. The number of fused-ring (bicyclic) bond motifs is 1. The van der Waals surface area contributed by atoms with Gasteiger partial charge in [0.25, 0.3) is 5.91 Å². The number of benzene rings is 1. The van der Waals surface area contributed by atoms with Crippen molar-refractivity contribution in [1.82, 2.24) is 15.3 Å². The number of para-hydroxylation sites is 1. The van der Waals surface area contributed by atoms with E-state index < -0.39 is 0 Å². The molecule has 3 heterocycles. The Morgan fingerprint density at radius 3 is 2.85 bits per heavy atom. The van der Waals surface area contributed by atoms with Crippen LogP contribution in [0.5, 0.6) is 0 Å². The van der Waals surface area contributed by atoms with E-state index in [0.717, 1.165) is 36.1 Å². The minimum Gasteiger partial charge on any atom is -0.355 e. The Morgan fingerprint density at radius 1 is 1.22 bits per heavy atom. The van der Waals surface area contributed by atoms with Crippen molar-refractivity contribution in [3.05, 3.63) is 66.0 Å². The van der Waals surface area contributed by atoms with Crippen LogP contribution in [-0.2, 0) is 0 Å². The van der Waals surface area contributed by atoms with Gasteiger partial charge in [-0.3, -0.25) is 9.78 Å². The highest BCUT2D eigenvalue weighted by molar-refractivity contribution is 5.94. The summed E-state index contributed by atoms with van der Waals surface area (Å²) < 4.78 is 0. The predicted molar refractivity (Wildman–Crippen MR) is 103 cm³/mol. The Hall–Kier alpha value is -3.46. The van der Waals surface area contributed by atoms with Crippen molar-refractivity contribution < 1.29 is 4.79 Å². The molecule has 0 bridgehead atoms. The number of nitrogens with one attached hydrogen (secondary N) is 1. The maximum absolute atomic E-state index is 12.4. The number of nitriles is 1. The van der Waals surface area contributed by atoms with Gasteiger partial charge in [-0.05, 0) is 37.1 Å². The average Bonchev–Trinajstić information content (AvgIpc) is 2.73. The largest absolute Gasteiger partial charge is 0.355 e. The van der Waals surface area contributed by atoms with Gasteiger partial charge in [-0.2, -0.15) is 5.26 Å². The molecule has 3 aromatic rings. The fraction of sp³-hybridized carbons (Fsp3) is 0.238. The van der Waals surface area contributed by atoms with Crippen LogP contribution >= 0.6 is 0 Å². The van der Waals surface area contributed by atoms with Crippen LogP contribution in [0.3, 0.4) is 0 Å². The third kappa shape index (κ3) is 3.58. The Balaban J connectivity index is 1.54. The first kappa shape index (κ1) is 17.0. The molecule has 6 nitrogen and oxygen atoms in total. The lowest BCUT2D eigenvalue weighted by Crippen LogP contribution is -2.48. The van der Waals surface area contributed by atoms with E-state index in [1.165, 1.54) is 0 Å². The van der Waals surface area contributed by atoms with E-state index in [9.17, 15) is 10.1 Å². The molecule has 2 aromatic heterocycles. The lowest BCUT2D eigenvalue weighted by molar-refractivity contribution is 0.0933. The maximum atomic E-state index is 12.4. The summed E-state index contributed by atoms with van der Waals surface area (Å²) in [6.45, 7) is 1.53. The molecule has 1 N–H and O–H groups in total. The average molecular weight is 357 g/mol. The van der Waals surface area contributed by atoms with Crippen LogP contribution < -0.4 is 10.2 Å². The van der Waals surface area contributed by atoms with Crippen LogP contribution in [0.2, 0.25) is 0 Å². The molecule has 6 heteroatoms. The van der Waals surface area contributed by atoms with E-state index in [2.05, 4.69) is 21.3 Å². The number of hydrogen-bond donors (Lipinski definition) is 1. The van der Waals surface area contributed by atoms with Crippen molar-refractivity contribution in [3.63, 3.8) is 0 Å². The first-order valence-electron chi connectivity index (χ1n) is 9.00. The normalized spacial score (nSPS) is 16.7. The number of pyridine rings is 2. The molecule has 1 aliphatic heterocycles. The molecule has 1 aliphatic rings. The van der Waals surface area contributed by atoms with Gasteiger partial charge in [0, 0.05) is 42.5 Å². The van der Waals surface area contributed by atoms with Crippen molar-refractivity contribution in [2.45, 2.75) is 18.9 Å². The van der Waals surface area contributed by atoms with Crippen molar-refractivity contribution in [2.75, 3.05) is 18.0 Å². The first-order chi connectivity index (χ1) is 13.2. The summed E-state index contributed by atoms with van der Waals surface area (Å²) >= 11 is 0.